The number of hydrogen-bond donors (Lipinski definition) is 0. The van der Waals surface area contributed by atoms with Gasteiger partial charge in [0, 0.05) is 43.4 Å². The van der Waals surface area contributed by atoms with Crippen LogP contribution >= 0.6 is 0 Å². The summed E-state index contributed by atoms with van der Waals surface area (Å²) in [5.74, 6) is 1.27. The van der Waals surface area contributed by atoms with Crippen molar-refractivity contribution in [2.24, 2.45) is 5.92 Å². The zero-order valence-corrected chi connectivity index (χ0v) is 12.7. The zero-order chi connectivity index (χ0) is 15.8. The summed E-state index contributed by atoms with van der Waals surface area (Å²) in [5.41, 5.74) is 1.12. The van der Waals surface area contributed by atoms with Crippen LogP contribution in [-0.2, 0) is 11.3 Å². The predicted octanol–water partition coefficient (Wildman–Crippen LogP) is 2.10. The number of piperidine rings is 1. The minimum Gasteiger partial charge on any atom is -0.465 e. The van der Waals surface area contributed by atoms with Crippen LogP contribution < -0.4 is 5.56 Å². The Kier molecular flexibility index (Phi) is 3.41. The van der Waals surface area contributed by atoms with Gasteiger partial charge < -0.3 is 13.9 Å². The number of hydrogen-bond acceptors (Lipinski definition) is 3. The number of carbonyl (C=O) groups excluding carboxylic acids is 1. The number of carbonyl (C=O) groups is 1. The van der Waals surface area contributed by atoms with Crippen molar-refractivity contribution in [1.82, 2.24) is 9.47 Å². The van der Waals surface area contributed by atoms with Crippen LogP contribution in [0.15, 0.2) is 51.9 Å². The van der Waals surface area contributed by atoms with E-state index < -0.39 is 0 Å². The van der Waals surface area contributed by atoms with Crippen molar-refractivity contribution >= 4 is 12.0 Å². The van der Waals surface area contributed by atoms with Crippen molar-refractivity contribution in [3.63, 3.8) is 0 Å². The molecule has 2 bridgehead atoms. The molecular weight excluding hydrogens is 292 g/mol. The second-order valence-corrected chi connectivity index (χ2v) is 6.29. The van der Waals surface area contributed by atoms with Gasteiger partial charge in [-0.25, -0.2) is 0 Å². The Bertz CT molecular complexity index is 804. The molecule has 0 radical (unpaired) electrons. The lowest BCUT2D eigenvalue weighted by molar-refractivity contribution is -0.128. The van der Waals surface area contributed by atoms with Crippen molar-refractivity contribution in [2.45, 2.75) is 18.9 Å². The molecule has 2 aliphatic heterocycles. The van der Waals surface area contributed by atoms with E-state index in [-0.39, 0.29) is 17.4 Å². The Morgan fingerprint density at radius 2 is 2.09 bits per heavy atom. The van der Waals surface area contributed by atoms with Gasteiger partial charge >= 0.3 is 0 Å². The van der Waals surface area contributed by atoms with Gasteiger partial charge in [-0.2, -0.15) is 0 Å². The number of likely N-dealkylation sites (tertiary alicyclic amines) is 1. The van der Waals surface area contributed by atoms with Gasteiger partial charge in [0.25, 0.3) is 5.56 Å². The van der Waals surface area contributed by atoms with E-state index in [1.807, 2.05) is 27.7 Å². The van der Waals surface area contributed by atoms with Gasteiger partial charge in [0.15, 0.2) is 0 Å². The molecule has 118 valence electrons. The summed E-state index contributed by atoms with van der Waals surface area (Å²) in [7, 11) is 0. The fraction of sp³-hybridized carbons (Fsp3) is 0.333. The fourth-order valence-corrected chi connectivity index (χ4v) is 3.72. The van der Waals surface area contributed by atoms with Crippen LogP contribution in [0.1, 0.15) is 23.8 Å². The molecule has 1 saturated heterocycles. The first-order valence-corrected chi connectivity index (χ1v) is 7.91. The maximum Gasteiger partial charge on any atom is 0.250 e. The van der Waals surface area contributed by atoms with Crippen LogP contribution in [0.2, 0.25) is 0 Å². The average Bonchev–Trinajstić information content (AvgIpc) is 3.07. The third-order valence-electron chi connectivity index (χ3n) is 4.72. The quantitative estimate of drug-likeness (QED) is 0.798. The molecule has 0 aliphatic carbocycles. The first-order valence-electron chi connectivity index (χ1n) is 7.91. The third-order valence-corrected chi connectivity index (χ3v) is 4.72. The number of fused-ring (bicyclic) bond motifs is 4. The maximum atomic E-state index is 12.4. The molecule has 0 N–H and O–H groups in total. The van der Waals surface area contributed by atoms with E-state index in [1.54, 1.807) is 30.5 Å². The summed E-state index contributed by atoms with van der Waals surface area (Å²) in [6, 6.07) is 9.04. The van der Waals surface area contributed by atoms with Crippen LogP contribution in [0.5, 0.6) is 0 Å². The number of furan rings is 1. The van der Waals surface area contributed by atoms with E-state index in [4.69, 9.17) is 4.42 Å². The highest BCUT2D eigenvalue weighted by Crippen LogP contribution is 2.34. The van der Waals surface area contributed by atoms with Gasteiger partial charge in [-0.3, -0.25) is 9.59 Å². The summed E-state index contributed by atoms with van der Waals surface area (Å²) in [6.45, 7) is 2.08. The van der Waals surface area contributed by atoms with E-state index in [0.717, 1.165) is 12.1 Å². The van der Waals surface area contributed by atoms with E-state index in [2.05, 4.69) is 0 Å². The van der Waals surface area contributed by atoms with Gasteiger partial charge in [0.2, 0.25) is 5.91 Å². The van der Waals surface area contributed by atoms with Gasteiger partial charge in [-0.1, -0.05) is 6.07 Å². The van der Waals surface area contributed by atoms with E-state index in [1.165, 1.54) is 0 Å². The lowest BCUT2D eigenvalue weighted by Gasteiger charge is -2.42. The van der Waals surface area contributed by atoms with Gasteiger partial charge in [-0.15, -0.1) is 0 Å². The minimum absolute atomic E-state index is 0.00262. The standard InChI is InChI=1S/C18H18N2O3/c21-17(7-6-15-3-2-8-23-15)19-10-13-9-14(12-19)16-4-1-5-18(22)20(16)11-13/h1-8,13-14H,9-12H2/t13-,14-/m0/s1. The minimum atomic E-state index is 0.00262. The Balaban J connectivity index is 1.54. The van der Waals surface area contributed by atoms with E-state index >= 15 is 0 Å². The highest BCUT2D eigenvalue weighted by Gasteiger charge is 2.35. The lowest BCUT2D eigenvalue weighted by Crippen LogP contribution is -2.48. The second-order valence-electron chi connectivity index (χ2n) is 6.29. The molecule has 0 saturated carbocycles. The van der Waals surface area contributed by atoms with Crippen molar-refractivity contribution < 1.29 is 9.21 Å². The number of nitrogens with zero attached hydrogens (tertiary/aromatic N) is 2. The Morgan fingerprint density at radius 1 is 1.17 bits per heavy atom. The van der Waals surface area contributed by atoms with Crippen molar-refractivity contribution in [3.05, 3.63) is 64.5 Å². The SMILES string of the molecule is O=C(C=Cc1ccco1)N1C[C@@H]2C[C@@H](C1)c1cccc(=O)n1C2. The molecule has 0 spiro atoms. The fourth-order valence-electron chi connectivity index (χ4n) is 3.72. The normalized spacial score (nSPS) is 23.0. The van der Waals surface area contributed by atoms with E-state index in [0.29, 0.717) is 31.3 Å². The largest absolute Gasteiger partial charge is 0.465 e. The molecule has 5 nitrogen and oxygen atoms in total. The summed E-state index contributed by atoms with van der Waals surface area (Å²) in [4.78, 5) is 26.3. The van der Waals surface area contributed by atoms with Crippen LogP contribution in [0.25, 0.3) is 6.08 Å². The number of pyridine rings is 1. The van der Waals surface area contributed by atoms with Crippen LogP contribution in [0, 0.1) is 5.92 Å². The summed E-state index contributed by atoms with van der Waals surface area (Å²) < 4.78 is 7.08. The lowest BCUT2D eigenvalue weighted by atomic mass is 9.83. The van der Waals surface area contributed by atoms with Crippen molar-refractivity contribution in [1.29, 1.82) is 0 Å². The molecule has 2 aromatic rings. The monoisotopic (exact) mass is 310 g/mol. The molecule has 1 amide bonds. The van der Waals surface area contributed by atoms with Gasteiger partial charge in [0.1, 0.15) is 5.76 Å². The van der Waals surface area contributed by atoms with Crippen LogP contribution in [0.3, 0.4) is 0 Å². The molecule has 4 heterocycles. The Morgan fingerprint density at radius 3 is 2.91 bits per heavy atom. The molecule has 4 rings (SSSR count). The Labute approximate surface area is 133 Å². The van der Waals surface area contributed by atoms with Crippen molar-refractivity contribution in [2.75, 3.05) is 13.1 Å². The van der Waals surface area contributed by atoms with Crippen LogP contribution in [-0.4, -0.2) is 28.5 Å². The van der Waals surface area contributed by atoms with Gasteiger partial charge in [-0.05, 0) is 36.6 Å². The first-order chi connectivity index (χ1) is 11.2. The average molecular weight is 310 g/mol. The number of aromatic nitrogens is 1. The highest BCUT2D eigenvalue weighted by molar-refractivity contribution is 5.91. The van der Waals surface area contributed by atoms with Crippen LogP contribution in [0.4, 0.5) is 0 Å². The zero-order valence-electron chi connectivity index (χ0n) is 12.7. The molecule has 2 aromatic heterocycles. The molecule has 1 fully saturated rings. The van der Waals surface area contributed by atoms with Crippen molar-refractivity contribution in [3.8, 4) is 0 Å². The number of amides is 1. The Hall–Kier alpha value is -2.56. The molecule has 0 unspecified atom stereocenters. The molecule has 2 aliphatic rings. The number of rotatable bonds is 2. The maximum absolute atomic E-state index is 12.4. The smallest absolute Gasteiger partial charge is 0.250 e. The highest BCUT2D eigenvalue weighted by atomic mass is 16.3. The molecule has 0 aromatic carbocycles. The van der Waals surface area contributed by atoms with E-state index in [9.17, 15) is 9.59 Å². The predicted molar refractivity (Wildman–Crippen MR) is 85.9 cm³/mol. The first kappa shape index (κ1) is 14.1. The molecule has 2 atom stereocenters. The molecule has 5 heteroatoms. The summed E-state index contributed by atoms with van der Waals surface area (Å²) >= 11 is 0. The third kappa shape index (κ3) is 2.63. The van der Waals surface area contributed by atoms with Gasteiger partial charge in [0.05, 0.1) is 6.26 Å². The summed E-state index contributed by atoms with van der Waals surface area (Å²) in [5, 5.41) is 0. The molecule has 23 heavy (non-hydrogen) atoms. The topological polar surface area (TPSA) is 55.5 Å². The molecular formula is C18H18N2O3. The summed E-state index contributed by atoms with van der Waals surface area (Å²) in [6.07, 6.45) is 5.91. The second kappa shape index (κ2) is 5.57.